The normalized spacial score (nSPS) is 11.6. The number of rotatable bonds is 5. The fourth-order valence-corrected chi connectivity index (χ4v) is 8.96. The summed E-state index contributed by atoms with van der Waals surface area (Å²) in [5, 5.41) is 10.1. The van der Waals surface area contributed by atoms with Gasteiger partial charge in [-0.1, -0.05) is 158 Å². The molecule has 10 rings (SSSR count). The molecule has 1 nitrogen and oxygen atoms in total. The largest absolute Gasteiger partial charge is 0.308 e. The van der Waals surface area contributed by atoms with E-state index in [9.17, 15) is 0 Å². The number of nitrogens with zero attached hydrogens (tertiary/aromatic N) is 1. The predicted octanol–water partition coefficient (Wildman–Crippen LogP) is 14.3. The molecule has 0 radical (unpaired) electrons. The van der Waals surface area contributed by atoms with Crippen molar-refractivity contribution in [2.45, 2.75) is 0 Å². The quantitative estimate of drug-likeness (QED) is 0.167. The molecule has 0 aliphatic rings. The van der Waals surface area contributed by atoms with E-state index in [4.69, 9.17) is 0 Å². The Morgan fingerprint density at radius 2 is 0.880 bits per heavy atom. The van der Waals surface area contributed by atoms with Crippen LogP contribution in [0.5, 0.6) is 0 Å². The van der Waals surface area contributed by atoms with Crippen LogP contribution in [0.1, 0.15) is 0 Å². The van der Waals surface area contributed by atoms with Crippen molar-refractivity contribution < 1.29 is 0 Å². The lowest BCUT2D eigenvalue weighted by atomic mass is 9.94. The Bertz CT molecular complexity index is 2860. The zero-order valence-corrected chi connectivity index (χ0v) is 28.1. The summed E-state index contributed by atoms with van der Waals surface area (Å²) in [5.41, 5.74) is 8.43. The molecule has 1 aromatic heterocycles. The summed E-state index contributed by atoms with van der Waals surface area (Å²) in [4.78, 5) is 2.47. The molecule has 50 heavy (non-hydrogen) atoms. The predicted molar refractivity (Wildman–Crippen MR) is 217 cm³/mol. The lowest BCUT2D eigenvalue weighted by Crippen LogP contribution is -2.10. The van der Waals surface area contributed by atoms with Crippen molar-refractivity contribution in [3.63, 3.8) is 0 Å². The van der Waals surface area contributed by atoms with Gasteiger partial charge in [0.1, 0.15) is 0 Å². The van der Waals surface area contributed by atoms with E-state index in [-0.39, 0.29) is 0 Å². The second-order valence-corrected chi connectivity index (χ2v) is 13.9. The third kappa shape index (κ3) is 4.61. The molecular weight excluding hydrogens is 623 g/mol. The molecule has 234 valence electrons. The van der Waals surface area contributed by atoms with Crippen molar-refractivity contribution in [1.29, 1.82) is 0 Å². The van der Waals surface area contributed by atoms with Crippen molar-refractivity contribution in [2.75, 3.05) is 4.90 Å². The van der Waals surface area contributed by atoms with E-state index < -0.39 is 0 Å². The Morgan fingerprint density at radius 3 is 1.72 bits per heavy atom. The first-order chi connectivity index (χ1) is 24.8. The molecule has 0 spiro atoms. The molecule has 0 saturated carbocycles. The standard InChI is InChI=1S/C48H31NS/c1-2-12-32(13-3-1)38-19-9-20-39-40-21-10-23-45(42(40)31-30-41(38)39)49(46-24-11-22-44-43-17-6-7-25-47(43)50-48(44)46)35-28-26-34(27-29-35)37-18-8-15-33-14-4-5-16-36(33)37/h1-31H. The highest BCUT2D eigenvalue weighted by atomic mass is 32.1. The number of fused-ring (bicyclic) bond motifs is 7. The van der Waals surface area contributed by atoms with Gasteiger partial charge in [0.2, 0.25) is 0 Å². The molecular formula is C48H31NS. The maximum atomic E-state index is 2.47. The Labute approximate surface area is 294 Å². The van der Waals surface area contributed by atoms with E-state index in [0.29, 0.717) is 0 Å². The summed E-state index contributed by atoms with van der Waals surface area (Å²) in [6.07, 6.45) is 0. The van der Waals surface area contributed by atoms with Crippen LogP contribution < -0.4 is 4.90 Å². The first-order valence-electron chi connectivity index (χ1n) is 17.1. The van der Waals surface area contributed by atoms with Crippen molar-refractivity contribution in [1.82, 2.24) is 0 Å². The summed E-state index contributed by atoms with van der Waals surface area (Å²) in [7, 11) is 0. The number of anilines is 3. The molecule has 1 heterocycles. The Kier molecular flexibility index (Phi) is 6.75. The smallest absolute Gasteiger partial charge is 0.0640 e. The molecule has 0 fully saturated rings. The van der Waals surface area contributed by atoms with Gasteiger partial charge in [-0.05, 0) is 79.5 Å². The number of thiophene rings is 1. The molecule has 10 aromatic rings. The lowest BCUT2D eigenvalue weighted by Gasteiger charge is -2.28. The Hall–Kier alpha value is -6.22. The topological polar surface area (TPSA) is 3.24 Å². The van der Waals surface area contributed by atoms with E-state index in [1.54, 1.807) is 0 Å². The number of benzene rings is 9. The molecule has 0 unspecified atom stereocenters. The van der Waals surface area contributed by atoms with E-state index in [1.165, 1.54) is 80.4 Å². The summed E-state index contributed by atoms with van der Waals surface area (Å²) in [5.74, 6) is 0. The Morgan fingerprint density at radius 1 is 0.320 bits per heavy atom. The van der Waals surface area contributed by atoms with Gasteiger partial charge in [0.25, 0.3) is 0 Å². The number of hydrogen-bond acceptors (Lipinski definition) is 2. The van der Waals surface area contributed by atoms with Crippen molar-refractivity contribution in [3.05, 3.63) is 188 Å². The van der Waals surface area contributed by atoms with Crippen molar-refractivity contribution >= 4 is 80.9 Å². The van der Waals surface area contributed by atoms with E-state index >= 15 is 0 Å². The van der Waals surface area contributed by atoms with Crippen LogP contribution in [-0.4, -0.2) is 0 Å². The van der Waals surface area contributed by atoms with Crippen molar-refractivity contribution in [2.24, 2.45) is 0 Å². The minimum absolute atomic E-state index is 1.13. The average molecular weight is 654 g/mol. The summed E-state index contributed by atoms with van der Waals surface area (Å²) in [6.45, 7) is 0. The molecule has 2 heteroatoms. The molecule has 9 aromatic carbocycles. The average Bonchev–Trinajstić information content (AvgIpc) is 3.58. The van der Waals surface area contributed by atoms with E-state index in [1.807, 2.05) is 11.3 Å². The SMILES string of the molecule is c1ccc(-c2cccc3c2ccc2c(N(c4ccc(-c5cccc6ccccc56)cc4)c4cccc5c4sc4ccccc45)cccc23)cc1. The molecule has 0 bridgehead atoms. The highest BCUT2D eigenvalue weighted by molar-refractivity contribution is 7.26. The molecule has 0 saturated heterocycles. The fraction of sp³-hybridized carbons (Fsp3) is 0. The maximum absolute atomic E-state index is 2.47. The first kappa shape index (κ1) is 28.8. The minimum atomic E-state index is 1.13. The van der Waals surface area contributed by atoms with Gasteiger partial charge in [-0.25, -0.2) is 0 Å². The van der Waals surface area contributed by atoms with Gasteiger partial charge in [0.15, 0.2) is 0 Å². The monoisotopic (exact) mass is 653 g/mol. The van der Waals surface area contributed by atoms with Crippen LogP contribution in [0.2, 0.25) is 0 Å². The molecule has 0 aliphatic carbocycles. The summed E-state index contributed by atoms with van der Waals surface area (Å²) < 4.78 is 2.59. The van der Waals surface area contributed by atoms with Crippen LogP contribution in [0.3, 0.4) is 0 Å². The summed E-state index contributed by atoms with van der Waals surface area (Å²) in [6, 6.07) is 68.7. The summed E-state index contributed by atoms with van der Waals surface area (Å²) >= 11 is 1.87. The van der Waals surface area contributed by atoms with Crippen LogP contribution in [0.25, 0.3) is 74.7 Å². The molecule has 0 amide bonds. The Balaban J connectivity index is 1.21. The van der Waals surface area contributed by atoms with E-state index in [0.717, 1.165) is 11.4 Å². The second-order valence-electron chi connectivity index (χ2n) is 12.9. The van der Waals surface area contributed by atoms with Gasteiger partial charge >= 0.3 is 0 Å². The van der Waals surface area contributed by atoms with Crippen molar-refractivity contribution in [3.8, 4) is 22.3 Å². The zero-order chi connectivity index (χ0) is 33.0. The van der Waals surface area contributed by atoms with Gasteiger partial charge in [-0.15, -0.1) is 11.3 Å². The number of hydrogen-bond donors (Lipinski definition) is 0. The fourth-order valence-electron chi connectivity index (χ4n) is 7.76. The van der Waals surface area contributed by atoms with Crippen LogP contribution in [0.15, 0.2) is 188 Å². The second kappa shape index (κ2) is 11.7. The first-order valence-corrected chi connectivity index (χ1v) is 17.9. The lowest BCUT2D eigenvalue weighted by molar-refractivity contribution is 1.32. The molecule has 0 atom stereocenters. The van der Waals surface area contributed by atoms with Crippen LogP contribution >= 0.6 is 11.3 Å². The zero-order valence-electron chi connectivity index (χ0n) is 27.3. The maximum Gasteiger partial charge on any atom is 0.0640 e. The third-order valence-electron chi connectivity index (χ3n) is 10.1. The van der Waals surface area contributed by atoms with Gasteiger partial charge in [-0.3, -0.25) is 0 Å². The minimum Gasteiger partial charge on any atom is -0.308 e. The van der Waals surface area contributed by atoms with Gasteiger partial charge < -0.3 is 4.90 Å². The highest BCUT2D eigenvalue weighted by Gasteiger charge is 2.21. The third-order valence-corrected chi connectivity index (χ3v) is 11.3. The van der Waals surface area contributed by atoms with Gasteiger partial charge in [0.05, 0.1) is 16.1 Å². The van der Waals surface area contributed by atoms with Crippen LogP contribution in [-0.2, 0) is 0 Å². The van der Waals surface area contributed by atoms with E-state index in [2.05, 4.69) is 193 Å². The van der Waals surface area contributed by atoms with Gasteiger partial charge in [0, 0.05) is 26.5 Å². The van der Waals surface area contributed by atoms with Gasteiger partial charge in [-0.2, -0.15) is 0 Å². The molecule has 0 N–H and O–H groups in total. The highest BCUT2D eigenvalue weighted by Crippen LogP contribution is 2.47. The van der Waals surface area contributed by atoms with Crippen LogP contribution in [0, 0.1) is 0 Å². The van der Waals surface area contributed by atoms with Crippen LogP contribution in [0.4, 0.5) is 17.1 Å². The molecule has 0 aliphatic heterocycles.